The Labute approximate surface area is 219 Å². The molecule has 7 nitrogen and oxygen atoms in total. The van der Waals surface area contributed by atoms with Gasteiger partial charge < -0.3 is 29.5 Å². The maximum absolute atomic E-state index is 12.5. The minimum absolute atomic E-state index is 0.0545. The van der Waals surface area contributed by atoms with Crippen molar-refractivity contribution in [1.82, 2.24) is 0 Å². The van der Waals surface area contributed by atoms with E-state index in [0.717, 1.165) is 56.9 Å². The van der Waals surface area contributed by atoms with Crippen molar-refractivity contribution in [3.8, 4) is 0 Å². The Kier molecular flexibility index (Phi) is 5.28. The van der Waals surface area contributed by atoms with Crippen molar-refractivity contribution in [3.63, 3.8) is 0 Å². The summed E-state index contributed by atoms with van der Waals surface area (Å²) in [5.74, 6) is 0.909. The number of carbonyl (C=O) groups excluding carboxylic acids is 1. The molecule has 0 unspecified atom stereocenters. The van der Waals surface area contributed by atoms with Crippen LogP contribution in [-0.2, 0) is 19.0 Å². The SMILES string of the molecule is C[C@H]1O[C@@H](O[C@H]2CC[C@]3(C)[C@@H]4C[C@H]5[C@@H]6OC(=O)C=C6[C@H]6CC[C@](O)([C@@H]4CC[C@]3(C)C2)[C@@]65C)C[C@H](O)[C@@H]1O. The van der Waals surface area contributed by atoms with Crippen molar-refractivity contribution in [2.45, 2.75) is 128 Å². The average molecular weight is 517 g/mol. The molecular formula is C30H44O7. The molecule has 1 saturated heterocycles. The summed E-state index contributed by atoms with van der Waals surface area (Å²) in [6.45, 7) is 8.97. The molecule has 0 aromatic carbocycles. The molecule has 2 aliphatic heterocycles. The van der Waals surface area contributed by atoms with Crippen LogP contribution in [0.15, 0.2) is 11.6 Å². The molecule has 5 aliphatic carbocycles. The predicted octanol–water partition coefficient (Wildman–Crippen LogP) is 3.48. The van der Waals surface area contributed by atoms with Gasteiger partial charge in [0.1, 0.15) is 12.2 Å². The number of fused-ring (bicyclic) bond motifs is 7. The molecule has 3 N–H and O–H groups in total. The number of ether oxygens (including phenoxy) is 3. The van der Waals surface area contributed by atoms with E-state index < -0.39 is 30.2 Å². The minimum atomic E-state index is -0.870. The van der Waals surface area contributed by atoms with E-state index in [-0.39, 0.29) is 52.2 Å². The Morgan fingerprint density at radius 3 is 2.54 bits per heavy atom. The fourth-order valence-electron chi connectivity index (χ4n) is 11.1. The number of carbonyl (C=O) groups is 1. The molecule has 37 heavy (non-hydrogen) atoms. The van der Waals surface area contributed by atoms with Crippen molar-refractivity contribution >= 4 is 5.97 Å². The maximum Gasteiger partial charge on any atom is 0.331 e. The fraction of sp³-hybridized carbons (Fsp3) is 0.900. The maximum atomic E-state index is 12.5. The van der Waals surface area contributed by atoms with Gasteiger partial charge in [-0.05, 0) is 92.4 Å². The normalized spacial score (nSPS) is 60.2. The summed E-state index contributed by atoms with van der Waals surface area (Å²) in [5.41, 5.74) is 0.378. The van der Waals surface area contributed by atoms with Gasteiger partial charge in [0, 0.05) is 23.8 Å². The van der Waals surface area contributed by atoms with Crippen molar-refractivity contribution in [2.75, 3.05) is 0 Å². The first-order valence-electron chi connectivity index (χ1n) is 14.7. The number of rotatable bonds is 2. The van der Waals surface area contributed by atoms with Gasteiger partial charge in [0.15, 0.2) is 6.29 Å². The lowest BCUT2D eigenvalue weighted by Gasteiger charge is -2.68. The van der Waals surface area contributed by atoms with Crippen LogP contribution in [0.3, 0.4) is 0 Å². The first-order chi connectivity index (χ1) is 17.4. The molecule has 0 radical (unpaired) electrons. The molecule has 206 valence electrons. The molecule has 0 aromatic heterocycles. The van der Waals surface area contributed by atoms with Gasteiger partial charge in [-0.2, -0.15) is 0 Å². The van der Waals surface area contributed by atoms with Gasteiger partial charge in [0.2, 0.25) is 0 Å². The standard InChI is InChI=1S/C30H44O7/c1-15-25(33)22(31)13-24(35-15)36-16-5-9-28(3)20-12-21-26-17(11-23(32)37-26)18-7-10-30(34,29(18,21)4)19(20)6-8-27(28,2)14-16/h11,15-16,18-22,24-26,31,33-34H,5-10,12-14H2,1-4H3/t15-,16+,18-,19-,20-,21+,22+,24+,25-,26-,27-,28-,29+,30+/m1/s1. The van der Waals surface area contributed by atoms with E-state index in [2.05, 4.69) is 20.8 Å². The van der Waals surface area contributed by atoms with Crippen LogP contribution in [0.5, 0.6) is 0 Å². The summed E-state index contributed by atoms with van der Waals surface area (Å²) in [6, 6.07) is 0. The van der Waals surface area contributed by atoms with Gasteiger partial charge in [-0.3, -0.25) is 0 Å². The zero-order valence-corrected chi connectivity index (χ0v) is 22.7. The van der Waals surface area contributed by atoms with Crippen LogP contribution in [-0.4, -0.2) is 63.7 Å². The van der Waals surface area contributed by atoms with Crippen molar-refractivity contribution in [1.29, 1.82) is 0 Å². The number of aliphatic hydroxyl groups excluding tert-OH is 2. The van der Waals surface area contributed by atoms with Gasteiger partial charge in [-0.25, -0.2) is 4.79 Å². The largest absolute Gasteiger partial charge is 0.454 e. The van der Waals surface area contributed by atoms with Crippen molar-refractivity contribution in [2.24, 2.45) is 39.9 Å². The molecule has 14 atom stereocenters. The van der Waals surface area contributed by atoms with Crippen LogP contribution in [0.4, 0.5) is 0 Å². The summed E-state index contributed by atoms with van der Waals surface area (Å²) in [6.07, 6.45) is 7.09. The highest BCUT2D eigenvalue weighted by Crippen LogP contribution is 2.77. The third-order valence-corrected chi connectivity index (χ3v) is 13.4. The minimum Gasteiger partial charge on any atom is -0.454 e. The highest BCUT2D eigenvalue weighted by atomic mass is 16.7. The summed E-state index contributed by atoms with van der Waals surface area (Å²) in [7, 11) is 0. The van der Waals surface area contributed by atoms with Crippen LogP contribution in [0.2, 0.25) is 0 Å². The Morgan fingerprint density at radius 2 is 1.78 bits per heavy atom. The molecule has 0 spiro atoms. The highest BCUT2D eigenvalue weighted by Gasteiger charge is 2.76. The molecular weight excluding hydrogens is 472 g/mol. The van der Waals surface area contributed by atoms with Crippen LogP contribution >= 0.6 is 0 Å². The van der Waals surface area contributed by atoms with E-state index in [9.17, 15) is 20.1 Å². The lowest BCUT2D eigenvalue weighted by molar-refractivity contribution is -0.282. The quantitative estimate of drug-likeness (QED) is 0.381. The second-order valence-corrected chi connectivity index (χ2v) is 14.4. The Morgan fingerprint density at radius 1 is 1.00 bits per heavy atom. The first kappa shape index (κ1) is 25.0. The van der Waals surface area contributed by atoms with E-state index in [1.807, 2.05) is 0 Å². The van der Waals surface area contributed by atoms with Gasteiger partial charge in [-0.15, -0.1) is 0 Å². The third-order valence-electron chi connectivity index (χ3n) is 13.4. The van der Waals surface area contributed by atoms with E-state index >= 15 is 0 Å². The van der Waals surface area contributed by atoms with E-state index in [4.69, 9.17) is 14.2 Å². The molecule has 7 aliphatic rings. The molecule has 7 heteroatoms. The number of esters is 1. The van der Waals surface area contributed by atoms with Crippen LogP contribution in [0, 0.1) is 39.9 Å². The van der Waals surface area contributed by atoms with Crippen LogP contribution in [0.25, 0.3) is 0 Å². The zero-order chi connectivity index (χ0) is 26.1. The van der Waals surface area contributed by atoms with Gasteiger partial charge in [0.05, 0.1) is 23.9 Å². The molecule has 0 amide bonds. The third kappa shape index (κ3) is 3.04. The molecule has 0 bridgehead atoms. The first-order valence-corrected chi connectivity index (χ1v) is 14.7. The zero-order valence-electron chi connectivity index (χ0n) is 22.7. The monoisotopic (exact) mass is 516 g/mol. The van der Waals surface area contributed by atoms with E-state index in [1.165, 1.54) is 0 Å². The highest BCUT2D eigenvalue weighted by molar-refractivity contribution is 5.86. The second-order valence-electron chi connectivity index (χ2n) is 14.4. The molecule has 6 fully saturated rings. The Balaban J connectivity index is 1.15. The van der Waals surface area contributed by atoms with E-state index in [1.54, 1.807) is 13.0 Å². The van der Waals surface area contributed by atoms with Crippen LogP contribution < -0.4 is 0 Å². The lowest BCUT2D eigenvalue weighted by atomic mass is 9.38. The smallest absolute Gasteiger partial charge is 0.331 e. The van der Waals surface area contributed by atoms with Gasteiger partial charge in [-0.1, -0.05) is 20.8 Å². The number of hydrogen-bond donors (Lipinski definition) is 3. The number of hydrogen-bond acceptors (Lipinski definition) is 7. The van der Waals surface area contributed by atoms with Crippen molar-refractivity contribution in [3.05, 3.63) is 11.6 Å². The number of aliphatic hydroxyl groups is 3. The molecule has 0 aromatic rings. The van der Waals surface area contributed by atoms with Gasteiger partial charge in [0.25, 0.3) is 0 Å². The Bertz CT molecular complexity index is 1020. The topological polar surface area (TPSA) is 105 Å². The summed E-state index contributed by atoms with van der Waals surface area (Å²) < 4.78 is 18.2. The fourth-order valence-corrected chi connectivity index (χ4v) is 11.1. The molecule has 5 saturated carbocycles. The average Bonchev–Trinajstić information content (AvgIpc) is 3.41. The molecule has 7 rings (SSSR count). The molecule has 2 heterocycles. The predicted molar refractivity (Wildman–Crippen MR) is 134 cm³/mol. The van der Waals surface area contributed by atoms with Crippen LogP contribution in [0.1, 0.15) is 85.5 Å². The second kappa shape index (κ2) is 7.81. The van der Waals surface area contributed by atoms with Crippen molar-refractivity contribution < 1.29 is 34.3 Å². The summed E-state index contributed by atoms with van der Waals surface area (Å²) in [4.78, 5) is 12.3. The summed E-state index contributed by atoms with van der Waals surface area (Å²) in [5, 5.41) is 32.8. The Hall–Kier alpha value is -0.990. The summed E-state index contributed by atoms with van der Waals surface area (Å²) >= 11 is 0. The van der Waals surface area contributed by atoms with E-state index in [0.29, 0.717) is 12.3 Å². The van der Waals surface area contributed by atoms with Gasteiger partial charge >= 0.3 is 5.97 Å². The lowest BCUT2D eigenvalue weighted by Crippen LogP contribution is -2.66.